The quantitative estimate of drug-likeness (QED) is 0.787. The van der Waals surface area contributed by atoms with Gasteiger partial charge in [0.15, 0.2) is 5.69 Å². The summed E-state index contributed by atoms with van der Waals surface area (Å²) in [4.78, 5) is 14.0. The molecule has 1 aromatic heterocycles. The molecule has 2 N–H and O–H groups in total. The fraction of sp³-hybridized carbons (Fsp3) is 0.750. The molecule has 7 nitrogen and oxygen atoms in total. The lowest BCUT2D eigenvalue weighted by molar-refractivity contribution is 0.00873. The molecule has 0 aliphatic carbocycles. The summed E-state index contributed by atoms with van der Waals surface area (Å²) in [5.74, 6) is -0.135. The summed E-state index contributed by atoms with van der Waals surface area (Å²) in [6, 6.07) is 0. The van der Waals surface area contributed by atoms with Gasteiger partial charge in [0.1, 0.15) is 0 Å². The highest BCUT2D eigenvalue weighted by atomic mass is 16.5. The van der Waals surface area contributed by atoms with Crippen molar-refractivity contribution in [1.82, 2.24) is 20.3 Å². The van der Waals surface area contributed by atoms with E-state index in [4.69, 9.17) is 4.74 Å². The highest BCUT2D eigenvalue weighted by Crippen LogP contribution is 2.33. The van der Waals surface area contributed by atoms with E-state index in [1.54, 1.807) is 12.0 Å². The number of hydrogen-bond donors (Lipinski definition) is 2. The molecule has 2 rings (SSSR count). The number of methoxy groups -OCH3 is 1. The van der Waals surface area contributed by atoms with Crippen molar-refractivity contribution in [2.45, 2.75) is 19.3 Å². The molecule has 0 bridgehead atoms. The van der Waals surface area contributed by atoms with Crippen LogP contribution in [-0.4, -0.2) is 64.7 Å². The van der Waals surface area contributed by atoms with Gasteiger partial charge < -0.3 is 14.7 Å². The van der Waals surface area contributed by atoms with Crippen molar-refractivity contribution in [2.75, 3.05) is 33.4 Å². The maximum absolute atomic E-state index is 12.2. The molecular weight excluding hydrogens is 248 g/mol. The first-order valence-electron chi connectivity index (χ1n) is 6.46. The predicted octanol–water partition coefficient (Wildman–Crippen LogP) is 0.0559. The van der Waals surface area contributed by atoms with Crippen molar-refractivity contribution in [1.29, 1.82) is 0 Å². The Labute approximate surface area is 111 Å². The summed E-state index contributed by atoms with van der Waals surface area (Å²) in [7, 11) is 1.65. The minimum Gasteiger partial charge on any atom is -0.396 e. The van der Waals surface area contributed by atoms with Crippen LogP contribution >= 0.6 is 0 Å². The number of hydrogen-bond acceptors (Lipinski definition) is 5. The lowest BCUT2D eigenvalue weighted by Gasteiger charge is -2.41. The highest BCUT2D eigenvalue weighted by molar-refractivity contribution is 5.91. The van der Waals surface area contributed by atoms with E-state index in [9.17, 15) is 9.90 Å². The van der Waals surface area contributed by atoms with E-state index < -0.39 is 0 Å². The molecule has 1 saturated heterocycles. The molecule has 1 fully saturated rings. The number of piperidine rings is 1. The van der Waals surface area contributed by atoms with E-state index in [0.29, 0.717) is 25.4 Å². The molecular formula is C12H20N4O3. The molecule has 2 heterocycles. The van der Waals surface area contributed by atoms with Crippen LogP contribution < -0.4 is 0 Å². The number of ether oxygens (including phenoxy) is 1. The van der Waals surface area contributed by atoms with Crippen molar-refractivity contribution in [3.63, 3.8) is 0 Å². The fourth-order valence-corrected chi connectivity index (χ4v) is 2.58. The monoisotopic (exact) mass is 268 g/mol. The number of rotatable bonds is 5. The van der Waals surface area contributed by atoms with Gasteiger partial charge in [-0.05, 0) is 19.3 Å². The third-order valence-corrected chi connectivity index (χ3v) is 3.75. The Hall–Kier alpha value is -1.47. The molecule has 19 heavy (non-hydrogen) atoms. The lowest BCUT2D eigenvalue weighted by atomic mass is 9.78. The van der Waals surface area contributed by atoms with Crippen LogP contribution in [0.2, 0.25) is 0 Å². The van der Waals surface area contributed by atoms with Gasteiger partial charge >= 0.3 is 0 Å². The number of nitrogens with one attached hydrogen (secondary N) is 1. The van der Waals surface area contributed by atoms with Crippen LogP contribution in [0.4, 0.5) is 0 Å². The summed E-state index contributed by atoms with van der Waals surface area (Å²) >= 11 is 0. The number of nitrogens with zero attached hydrogens (tertiary/aromatic N) is 3. The Morgan fingerprint density at radius 3 is 3.16 bits per heavy atom. The van der Waals surface area contributed by atoms with Gasteiger partial charge in [0.2, 0.25) is 0 Å². The van der Waals surface area contributed by atoms with Gasteiger partial charge in [0, 0.05) is 32.2 Å². The van der Waals surface area contributed by atoms with Gasteiger partial charge in [0.05, 0.1) is 12.8 Å². The molecule has 0 saturated carbocycles. The number of aliphatic hydroxyl groups excluding tert-OH is 1. The highest BCUT2D eigenvalue weighted by Gasteiger charge is 2.37. The van der Waals surface area contributed by atoms with Crippen LogP contribution in [0.1, 0.15) is 29.8 Å². The minimum absolute atomic E-state index is 0.0684. The van der Waals surface area contributed by atoms with Gasteiger partial charge in [-0.2, -0.15) is 15.4 Å². The van der Waals surface area contributed by atoms with Crippen LogP contribution in [-0.2, 0) is 4.74 Å². The zero-order chi connectivity index (χ0) is 13.7. The number of aromatic nitrogens is 3. The van der Waals surface area contributed by atoms with Crippen molar-refractivity contribution in [3.8, 4) is 0 Å². The first kappa shape index (κ1) is 14.0. The van der Waals surface area contributed by atoms with E-state index >= 15 is 0 Å². The maximum atomic E-state index is 12.2. The number of aromatic amines is 1. The van der Waals surface area contributed by atoms with E-state index in [0.717, 1.165) is 19.3 Å². The zero-order valence-electron chi connectivity index (χ0n) is 11.1. The maximum Gasteiger partial charge on any atom is 0.276 e. The Morgan fingerprint density at radius 2 is 2.53 bits per heavy atom. The molecule has 0 radical (unpaired) electrons. The second-order valence-electron chi connectivity index (χ2n) is 5.09. The SMILES string of the molecule is COCCC1(CO)CCCN(C(=O)c2cn[nH]n2)C1. The Balaban J connectivity index is 2.05. The Kier molecular flexibility index (Phi) is 4.49. The topological polar surface area (TPSA) is 91.3 Å². The Morgan fingerprint density at radius 1 is 1.68 bits per heavy atom. The summed E-state index contributed by atoms with van der Waals surface area (Å²) in [6.45, 7) is 1.89. The smallest absolute Gasteiger partial charge is 0.276 e. The molecule has 0 spiro atoms. The van der Waals surface area contributed by atoms with Crippen molar-refractivity contribution in [3.05, 3.63) is 11.9 Å². The number of H-pyrrole nitrogens is 1. The van der Waals surface area contributed by atoms with Gasteiger partial charge in [-0.15, -0.1) is 0 Å². The van der Waals surface area contributed by atoms with Gasteiger partial charge in [-0.3, -0.25) is 4.79 Å². The molecule has 1 atom stereocenters. The van der Waals surface area contributed by atoms with Gasteiger partial charge in [0.25, 0.3) is 5.91 Å². The zero-order valence-corrected chi connectivity index (χ0v) is 11.1. The molecule has 1 amide bonds. The average molecular weight is 268 g/mol. The first-order chi connectivity index (χ1) is 9.21. The predicted molar refractivity (Wildman–Crippen MR) is 67.5 cm³/mol. The van der Waals surface area contributed by atoms with Gasteiger partial charge in [-0.25, -0.2) is 0 Å². The number of aliphatic hydroxyl groups is 1. The van der Waals surface area contributed by atoms with Crippen LogP contribution in [0.25, 0.3) is 0 Å². The molecule has 1 aromatic rings. The molecule has 1 unspecified atom stereocenters. The standard InChI is InChI=1S/C12H20N4O3/c1-19-6-4-12(9-17)3-2-5-16(8-12)11(18)10-7-13-15-14-10/h7,17H,2-6,8-9H2,1H3,(H,13,14,15). The van der Waals surface area contributed by atoms with E-state index in [1.807, 2.05) is 0 Å². The number of amides is 1. The van der Waals surface area contributed by atoms with Crippen molar-refractivity contribution >= 4 is 5.91 Å². The van der Waals surface area contributed by atoms with E-state index in [-0.39, 0.29) is 17.9 Å². The number of carbonyl (C=O) groups is 1. The van der Waals surface area contributed by atoms with Crippen LogP contribution in [0.3, 0.4) is 0 Å². The second-order valence-corrected chi connectivity index (χ2v) is 5.09. The van der Waals surface area contributed by atoms with Crippen molar-refractivity contribution < 1.29 is 14.6 Å². The number of likely N-dealkylation sites (tertiary alicyclic amines) is 1. The summed E-state index contributed by atoms with van der Waals surface area (Å²) < 4.78 is 5.10. The van der Waals surface area contributed by atoms with E-state index in [2.05, 4.69) is 15.4 Å². The molecule has 1 aliphatic rings. The largest absolute Gasteiger partial charge is 0.396 e. The molecule has 106 valence electrons. The van der Waals surface area contributed by atoms with Crippen LogP contribution in [0.5, 0.6) is 0 Å². The van der Waals surface area contributed by atoms with Crippen LogP contribution in [0, 0.1) is 5.41 Å². The fourth-order valence-electron chi connectivity index (χ4n) is 2.58. The van der Waals surface area contributed by atoms with Gasteiger partial charge in [-0.1, -0.05) is 0 Å². The molecule has 0 aromatic carbocycles. The molecule has 7 heteroatoms. The first-order valence-corrected chi connectivity index (χ1v) is 6.46. The third kappa shape index (κ3) is 3.10. The Bertz CT molecular complexity index is 409. The lowest BCUT2D eigenvalue weighted by Crippen LogP contribution is -2.48. The average Bonchev–Trinajstić information content (AvgIpc) is 2.99. The molecule has 1 aliphatic heterocycles. The summed E-state index contributed by atoms with van der Waals surface area (Å²) in [6.07, 6.45) is 3.97. The summed E-state index contributed by atoms with van der Waals surface area (Å²) in [5.41, 5.74) is 0.0636. The minimum atomic E-state index is -0.256. The van der Waals surface area contributed by atoms with Crippen molar-refractivity contribution in [2.24, 2.45) is 5.41 Å². The van der Waals surface area contributed by atoms with E-state index in [1.165, 1.54) is 6.20 Å². The second kappa shape index (κ2) is 6.12. The number of carbonyl (C=O) groups excluding carboxylic acids is 1. The summed E-state index contributed by atoms with van der Waals surface area (Å²) in [5, 5.41) is 19.6. The third-order valence-electron chi connectivity index (χ3n) is 3.75. The normalized spacial score (nSPS) is 23.6. The van der Waals surface area contributed by atoms with Crippen LogP contribution in [0.15, 0.2) is 6.20 Å².